The van der Waals surface area contributed by atoms with Gasteiger partial charge in [0, 0.05) is 55.5 Å². The van der Waals surface area contributed by atoms with Crippen molar-refractivity contribution in [3.8, 4) is 0 Å². The Bertz CT molecular complexity index is 1080. The number of amides is 2. The standard InChI is InChI=1S/C21H22N6O2/c1-25-10-15(9-24-25)17-11-26(12-18-20(17)23-13-22-18)21(29)14-4-2-5-16(8-14)27-7-3-6-19(27)28/h2,4-5,8-10,13,17H,3,6-7,11-12H2,1H3,(H,22,23). The number of hydrogen-bond donors (Lipinski definition) is 1. The molecule has 1 saturated heterocycles. The molecule has 0 aliphatic carbocycles. The maximum absolute atomic E-state index is 13.3. The molecule has 2 amide bonds. The molecule has 0 spiro atoms. The van der Waals surface area contributed by atoms with Gasteiger partial charge in [-0.25, -0.2) is 4.98 Å². The number of fused-ring (bicyclic) bond motifs is 1. The summed E-state index contributed by atoms with van der Waals surface area (Å²) >= 11 is 0. The Morgan fingerprint density at radius 2 is 2.21 bits per heavy atom. The third-order valence-corrected chi connectivity index (χ3v) is 5.73. The summed E-state index contributed by atoms with van der Waals surface area (Å²) in [7, 11) is 1.88. The Morgan fingerprint density at radius 1 is 1.31 bits per heavy atom. The molecule has 0 bridgehead atoms. The lowest BCUT2D eigenvalue weighted by atomic mass is 9.92. The Kier molecular flexibility index (Phi) is 4.19. The predicted octanol–water partition coefficient (Wildman–Crippen LogP) is 2.06. The summed E-state index contributed by atoms with van der Waals surface area (Å²) in [4.78, 5) is 36.7. The number of imidazole rings is 1. The molecule has 8 heteroatoms. The van der Waals surface area contributed by atoms with Crippen molar-refractivity contribution < 1.29 is 9.59 Å². The zero-order chi connectivity index (χ0) is 20.0. The van der Waals surface area contributed by atoms with Crippen LogP contribution in [-0.4, -0.2) is 49.6 Å². The maximum Gasteiger partial charge on any atom is 0.254 e. The van der Waals surface area contributed by atoms with E-state index in [1.807, 2.05) is 48.6 Å². The molecule has 0 saturated carbocycles. The molecule has 5 rings (SSSR count). The fourth-order valence-electron chi connectivity index (χ4n) is 4.27. The van der Waals surface area contributed by atoms with Crippen LogP contribution < -0.4 is 4.90 Å². The van der Waals surface area contributed by atoms with Gasteiger partial charge in [0.25, 0.3) is 5.91 Å². The van der Waals surface area contributed by atoms with Crippen molar-refractivity contribution in [3.05, 3.63) is 65.5 Å². The molecule has 1 atom stereocenters. The monoisotopic (exact) mass is 390 g/mol. The summed E-state index contributed by atoms with van der Waals surface area (Å²) < 4.78 is 1.76. The molecular formula is C21H22N6O2. The van der Waals surface area contributed by atoms with Gasteiger partial charge in [-0.15, -0.1) is 0 Å². The van der Waals surface area contributed by atoms with Crippen LogP contribution in [0.25, 0.3) is 0 Å². The Labute approximate surface area is 168 Å². The number of H-pyrrole nitrogens is 1. The smallest absolute Gasteiger partial charge is 0.254 e. The third-order valence-electron chi connectivity index (χ3n) is 5.73. The van der Waals surface area contributed by atoms with E-state index in [-0.39, 0.29) is 17.7 Å². The lowest BCUT2D eigenvalue weighted by molar-refractivity contribution is -0.117. The largest absolute Gasteiger partial charge is 0.347 e. The van der Waals surface area contributed by atoms with E-state index in [2.05, 4.69) is 15.1 Å². The van der Waals surface area contributed by atoms with Gasteiger partial charge in [0.05, 0.1) is 30.5 Å². The molecule has 0 radical (unpaired) electrons. The molecule has 1 N–H and O–H groups in total. The summed E-state index contributed by atoms with van der Waals surface area (Å²) in [5, 5.41) is 4.28. The number of hydrogen-bond acceptors (Lipinski definition) is 4. The minimum absolute atomic E-state index is 0.0222. The van der Waals surface area contributed by atoms with Crippen molar-refractivity contribution in [3.63, 3.8) is 0 Å². The van der Waals surface area contributed by atoms with Crippen molar-refractivity contribution in [2.24, 2.45) is 7.05 Å². The van der Waals surface area contributed by atoms with E-state index in [1.54, 1.807) is 15.9 Å². The summed E-state index contributed by atoms with van der Waals surface area (Å²) in [6, 6.07) is 7.38. The molecule has 2 aliphatic heterocycles. The van der Waals surface area contributed by atoms with Crippen molar-refractivity contribution >= 4 is 17.5 Å². The van der Waals surface area contributed by atoms with Gasteiger partial charge in [-0.1, -0.05) is 6.07 Å². The van der Waals surface area contributed by atoms with Gasteiger partial charge in [-0.2, -0.15) is 5.10 Å². The SMILES string of the molecule is Cn1cc(C2CN(C(=O)c3cccc(N4CCCC4=O)c3)Cc3[nH]cnc32)cn1. The molecule has 4 heterocycles. The van der Waals surface area contributed by atoms with Gasteiger partial charge in [0.2, 0.25) is 5.91 Å². The van der Waals surface area contributed by atoms with Crippen molar-refractivity contribution in [1.82, 2.24) is 24.6 Å². The highest BCUT2D eigenvalue weighted by Crippen LogP contribution is 2.32. The van der Waals surface area contributed by atoms with E-state index in [0.717, 1.165) is 29.1 Å². The number of carbonyl (C=O) groups is 2. The van der Waals surface area contributed by atoms with Gasteiger partial charge in [0.15, 0.2) is 0 Å². The quantitative estimate of drug-likeness (QED) is 0.742. The Balaban J connectivity index is 1.44. The first kappa shape index (κ1) is 17.7. The number of aryl methyl sites for hydroxylation is 1. The molecular weight excluding hydrogens is 368 g/mol. The highest BCUT2D eigenvalue weighted by atomic mass is 16.2. The third kappa shape index (κ3) is 3.10. The molecule has 2 aromatic heterocycles. The summed E-state index contributed by atoms with van der Waals surface area (Å²) in [5.74, 6) is 0.0462. The number of anilines is 1. The van der Waals surface area contributed by atoms with E-state index >= 15 is 0 Å². The Morgan fingerprint density at radius 3 is 2.97 bits per heavy atom. The van der Waals surface area contributed by atoms with Crippen LogP contribution in [0.1, 0.15) is 46.1 Å². The van der Waals surface area contributed by atoms with Crippen LogP contribution in [0.4, 0.5) is 5.69 Å². The average Bonchev–Trinajstić information content (AvgIpc) is 3.47. The van der Waals surface area contributed by atoms with Crippen LogP contribution in [0.2, 0.25) is 0 Å². The van der Waals surface area contributed by atoms with Crippen molar-refractivity contribution in [2.75, 3.05) is 18.0 Å². The van der Waals surface area contributed by atoms with Gasteiger partial charge in [-0.3, -0.25) is 14.3 Å². The number of aromatic amines is 1. The molecule has 29 heavy (non-hydrogen) atoms. The van der Waals surface area contributed by atoms with Gasteiger partial charge in [0.1, 0.15) is 0 Å². The van der Waals surface area contributed by atoms with Crippen LogP contribution in [0.5, 0.6) is 0 Å². The van der Waals surface area contributed by atoms with Crippen LogP contribution in [-0.2, 0) is 18.4 Å². The number of carbonyl (C=O) groups excluding carboxylic acids is 2. The highest BCUT2D eigenvalue weighted by molar-refractivity contribution is 5.99. The molecule has 8 nitrogen and oxygen atoms in total. The van der Waals surface area contributed by atoms with Gasteiger partial charge >= 0.3 is 0 Å². The van der Waals surface area contributed by atoms with Crippen LogP contribution in [0.3, 0.4) is 0 Å². The molecule has 3 aromatic rings. The summed E-state index contributed by atoms with van der Waals surface area (Å²) in [6.45, 7) is 1.73. The van der Waals surface area contributed by atoms with Gasteiger partial charge < -0.3 is 14.8 Å². The first-order valence-electron chi connectivity index (χ1n) is 9.80. The van der Waals surface area contributed by atoms with Crippen LogP contribution >= 0.6 is 0 Å². The minimum atomic E-state index is -0.0485. The second kappa shape index (κ2) is 6.88. The minimum Gasteiger partial charge on any atom is -0.347 e. The number of aromatic nitrogens is 4. The molecule has 2 aliphatic rings. The topological polar surface area (TPSA) is 87.1 Å². The molecule has 1 fully saturated rings. The lowest BCUT2D eigenvalue weighted by Gasteiger charge is -2.32. The van der Waals surface area contributed by atoms with Crippen molar-refractivity contribution in [2.45, 2.75) is 25.3 Å². The zero-order valence-corrected chi connectivity index (χ0v) is 16.2. The first-order chi connectivity index (χ1) is 14.1. The molecule has 1 aromatic carbocycles. The average molecular weight is 390 g/mol. The normalized spacial score (nSPS) is 18.9. The fraction of sp³-hybridized carbons (Fsp3) is 0.333. The van der Waals surface area contributed by atoms with Crippen molar-refractivity contribution in [1.29, 1.82) is 0 Å². The maximum atomic E-state index is 13.3. The molecule has 1 unspecified atom stereocenters. The highest BCUT2D eigenvalue weighted by Gasteiger charge is 2.33. The number of rotatable bonds is 3. The summed E-state index contributed by atoms with van der Waals surface area (Å²) in [5.41, 5.74) is 4.34. The lowest BCUT2D eigenvalue weighted by Crippen LogP contribution is -2.38. The van der Waals surface area contributed by atoms with E-state index in [9.17, 15) is 9.59 Å². The Hall–Kier alpha value is -3.42. The zero-order valence-electron chi connectivity index (χ0n) is 16.2. The molecule has 148 valence electrons. The number of nitrogens with zero attached hydrogens (tertiary/aromatic N) is 5. The predicted molar refractivity (Wildman–Crippen MR) is 106 cm³/mol. The second-order valence-corrected chi connectivity index (χ2v) is 7.65. The second-order valence-electron chi connectivity index (χ2n) is 7.65. The number of nitrogens with one attached hydrogen (secondary N) is 1. The van der Waals surface area contributed by atoms with Gasteiger partial charge in [-0.05, 0) is 24.6 Å². The van der Waals surface area contributed by atoms with Crippen LogP contribution in [0, 0.1) is 0 Å². The fourth-order valence-corrected chi connectivity index (χ4v) is 4.27. The van der Waals surface area contributed by atoms with E-state index in [0.29, 0.717) is 31.6 Å². The van der Waals surface area contributed by atoms with E-state index in [1.165, 1.54) is 0 Å². The number of benzene rings is 1. The van der Waals surface area contributed by atoms with Crippen LogP contribution in [0.15, 0.2) is 43.0 Å². The summed E-state index contributed by atoms with van der Waals surface area (Å²) in [6.07, 6.45) is 6.91. The first-order valence-corrected chi connectivity index (χ1v) is 9.80. The van der Waals surface area contributed by atoms with E-state index in [4.69, 9.17) is 0 Å². The van der Waals surface area contributed by atoms with E-state index < -0.39 is 0 Å².